The molecule has 1 N–H and O–H groups in total. The van der Waals surface area contributed by atoms with Crippen molar-refractivity contribution in [3.63, 3.8) is 0 Å². The molecule has 0 saturated heterocycles. The minimum Gasteiger partial charge on any atom is -0.306 e. The molecular weight excluding hydrogens is 386 g/mol. The number of hydrogen-bond donors (Lipinski definition) is 1. The largest absolute Gasteiger partial charge is 0.306 e. The molecule has 2 aromatic carbocycles. The summed E-state index contributed by atoms with van der Waals surface area (Å²) >= 11 is 3.64. The van der Waals surface area contributed by atoms with Gasteiger partial charge in [0.25, 0.3) is 0 Å². The lowest BCUT2D eigenvalue weighted by Gasteiger charge is -2.16. The molecule has 0 spiro atoms. The summed E-state index contributed by atoms with van der Waals surface area (Å²) in [7, 11) is 0. The molecule has 3 aromatic rings. The number of aromatic nitrogens is 2. The average Bonchev–Trinajstić information content (AvgIpc) is 2.88. The second-order valence-electron chi connectivity index (χ2n) is 6.92. The van der Waals surface area contributed by atoms with Crippen molar-refractivity contribution in [2.75, 3.05) is 0 Å². The SMILES string of the molecule is Cc1ccc(Cn2nc(C)c(CN[C@@H](C)c3ccccc3Br)c2C)cc1. The second-order valence-corrected chi connectivity index (χ2v) is 7.77. The van der Waals surface area contributed by atoms with E-state index in [1.54, 1.807) is 0 Å². The molecule has 1 aromatic heterocycles. The third kappa shape index (κ3) is 4.25. The van der Waals surface area contributed by atoms with E-state index in [1.165, 1.54) is 27.9 Å². The van der Waals surface area contributed by atoms with Crippen molar-refractivity contribution in [2.45, 2.75) is 46.8 Å². The summed E-state index contributed by atoms with van der Waals surface area (Å²) in [6.07, 6.45) is 0. The Kier molecular flexibility index (Phi) is 5.94. The van der Waals surface area contributed by atoms with Crippen LogP contribution in [0.5, 0.6) is 0 Å². The van der Waals surface area contributed by atoms with E-state index in [4.69, 9.17) is 5.10 Å². The first-order chi connectivity index (χ1) is 12.5. The van der Waals surface area contributed by atoms with Gasteiger partial charge in [0.05, 0.1) is 12.2 Å². The molecule has 3 nitrogen and oxygen atoms in total. The van der Waals surface area contributed by atoms with Gasteiger partial charge in [-0.05, 0) is 44.9 Å². The summed E-state index contributed by atoms with van der Waals surface area (Å²) in [5.74, 6) is 0. The van der Waals surface area contributed by atoms with Crippen molar-refractivity contribution >= 4 is 15.9 Å². The van der Waals surface area contributed by atoms with Crippen LogP contribution in [-0.2, 0) is 13.1 Å². The average molecular weight is 412 g/mol. The Hall–Kier alpha value is -1.91. The molecule has 1 heterocycles. The van der Waals surface area contributed by atoms with Gasteiger partial charge in [0.15, 0.2) is 0 Å². The number of aryl methyl sites for hydroxylation is 2. The summed E-state index contributed by atoms with van der Waals surface area (Å²) in [5.41, 5.74) is 7.46. The van der Waals surface area contributed by atoms with Gasteiger partial charge in [0.1, 0.15) is 0 Å². The number of rotatable bonds is 6. The van der Waals surface area contributed by atoms with Gasteiger partial charge in [-0.25, -0.2) is 0 Å². The molecule has 136 valence electrons. The van der Waals surface area contributed by atoms with Crippen LogP contribution in [0.15, 0.2) is 53.0 Å². The molecule has 1 atom stereocenters. The molecule has 0 saturated carbocycles. The zero-order valence-corrected chi connectivity index (χ0v) is 17.5. The molecule has 0 aliphatic carbocycles. The van der Waals surface area contributed by atoms with Gasteiger partial charge >= 0.3 is 0 Å². The van der Waals surface area contributed by atoms with Crippen molar-refractivity contribution in [2.24, 2.45) is 0 Å². The Balaban J connectivity index is 1.72. The summed E-state index contributed by atoms with van der Waals surface area (Å²) in [5, 5.41) is 8.40. The molecule has 0 aliphatic heterocycles. The predicted octanol–water partition coefficient (Wildman–Crippen LogP) is 5.47. The predicted molar refractivity (Wildman–Crippen MR) is 111 cm³/mol. The lowest BCUT2D eigenvalue weighted by molar-refractivity contribution is 0.569. The number of benzene rings is 2. The van der Waals surface area contributed by atoms with Crippen molar-refractivity contribution in [3.8, 4) is 0 Å². The smallest absolute Gasteiger partial charge is 0.0662 e. The third-order valence-electron chi connectivity index (χ3n) is 4.94. The fourth-order valence-corrected chi connectivity index (χ4v) is 3.83. The molecule has 0 radical (unpaired) electrons. The van der Waals surface area contributed by atoms with Crippen LogP contribution in [0.4, 0.5) is 0 Å². The van der Waals surface area contributed by atoms with E-state index >= 15 is 0 Å². The highest BCUT2D eigenvalue weighted by Gasteiger charge is 2.14. The number of halogens is 1. The van der Waals surface area contributed by atoms with Crippen LogP contribution in [-0.4, -0.2) is 9.78 Å². The van der Waals surface area contributed by atoms with E-state index in [0.717, 1.165) is 23.3 Å². The Morgan fingerprint density at radius 3 is 2.42 bits per heavy atom. The standard InChI is InChI=1S/C22H26BrN3/c1-15-9-11-19(12-10-15)14-26-18(4)21(17(3)25-26)13-24-16(2)20-7-5-6-8-22(20)23/h5-12,16,24H,13-14H2,1-4H3/t16-/m0/s1. The number of nitrogens with one attached hydrogen (secondary N) is 1. The van der Waals surface area contributed by atoms with Gasteiger partial charge in [-0.3, -0.25) is 4.68 Å². The highest BCUT2D eigenvalue weighted by molar-refractivity contribution is 9.10. The first-order valence-electron chi connectivity index (χ1n) is 9.02. The lowest BCUT2D eigenvalue weighted by atomic mass is 10.1. The monoisotopic (exact) mass is 411 g/mol. The molecule has 0 amide bonds. The van der Waals surface area contributed by atoms with Crippen LogP contribution < -0.4 is 5.32 Å². The maximum absolute atomic E-state index is 4.76. The van der Waals surface area contributed by atoms with Crippen molar-refractivity contribution in [1.82, 2.24) is 15.1 Å². The van der Waals surface area contributed by atoms with Gasteiger partial charge in [-0.1, -0.05) is 64.0 Å². The summed E-state index contributed by atoms with van der Waals surface area (Å²) in [6, 6.07) is 17.3. The fraction of sp³-hybridized carbons (Fsp3) is 0.318. The quantitative estimate of drug-likeness (QED) is 0.582. The van der Waals surface area contributed by atoms with Gasteiger partial charge in [0, 0.05) is 28.3 Å². The van der Waals surface area contributed by atoms with Crippen LogP contribution in [0.3, 0.4) is 0 Å². The molecule has 0 fully saturated rings. The topological polar surface area (TPSA) is 29.9 Å². The normalized spacial score (nSPS) is 12.3. The van der Waals surface area contributed by atoms with E-state index in [9.17, 15) is 0 Å². The second kappa shape index (κ2) is 8.19. The van der Waals surface area contributed by atoms with E-state index < -0.39 is 0 Å². The van der Waals surface area contributed by atoms with Gasteiger partial charge in [-0.2, -0.15) is 5.10 Å². The van der Waals surface area contributed by atoms with Gasteiger partial charge < -0.3 is 5.32 Å². The van der Waals surface area contributed by atoms with Gasteiger partial charge in [0.2, 0.25) is 0 Å². The fourth-order valence-electron chi connectivity index (χ4n) is 3.20. The highest BCUT2D eigenvalue weighted by Crippen LogP contribution is 2.24. The summed E-state index contributed by atoms with van der Waals surface area (Å²) in [6.45, 7) is 10.2. The minimum atomic E-state index is 0.268. The summed E-state index contributed by atoms with van der Waals surface area (Å²) in [4.78, 5) is 0. The highest BCUT2D eigenvalue weighted by atomic mass is 79.9. The van der Waals surface area contributed by atoms with Crippen molar-refractivity contribution in [3.05, 3.63) is 86.6 Å². The molecule has 3 rings (SSSR count). The Labute approximate surface area is 164 Å². The summed E-state index contributed by atoms with van der Waals surface area (Å²) < 4.78 is 3.25. The Bertz CT molecular complexity index is 881. The lowest BCUT2D eigenvalue weighted by Crippen LogP contribution is -2.19. The van der Waals surface area contributed by atoms with Crippen molar-refractivity contribution in [1.29, 1.82) is 0 Å². The number of hydrogen-bond acceptors (Lipinski definition) is 2. The van der Waals surface area contributed by atoms with Crippen LogP contribution in [0.25, 0.3) is 0 Å². The third-order valence-corrected chi connectivity index (χ3v) is 5.66. The first-order valence-corrected chi connectivity index (χ1v) is 9.81. The molecule has 0 unspecified atom stereocenters. The van der Waals surface area contributed by atoms with Gasteiger partial charge in [-0.15, -0.1) is 0 Å². The molecule has 4 heteroatoms. The van der Waals surface area contributed by atoms with Crippen molar-refractivity contribution < 1.29 is 0 Å². The first kappa shape index (κ1) is 18.9. The minimum absolute atomic E-state index is 0.268. The van der Waals surface area contributed by atoms with Crippen LogP contribution in [0.1, 0.15) is 46.6 Å². The molecule has 26 heavy (non-hydrogen) atoms. The van der Waals surface area contributed by atoms with Crippen LogP contribution in [0, 0.1) is 20.8 Å². The van der Waals surface area contributed by atoms with E-state index in [-0.39, 0.29) is 6.04 Å². The van der Waals surface area contributed by atoms with E-state index in [2.05, 4.69) is 96.1 Å². The van der Waals surface area contributed by atoms with E-state index in [0.29, 0.717) is 0 Å². The number of nitrogens with zero attached hydrogens (tertiary/aromatic N) is 2. The molecule has 0 bridgehead atoms. The van der Waals surface area contributed by atoms with E-state index in [1.807, 2.05) is 6.07 Å². The maximum atomic E-state index is 4.76. The zero-order valence-electron chi connectivity index (χ0n) is 15.9. The van der Waals surface area contributed by atoms with Crippen LogP contribution >= 0.6 is 15.9 Å². The Morgan fingerprint density at radius 1 is 1.04 bits per heavy atom. The Morgan fingerprint density at radius 2 is 1.73 bits per heavy atom. The molecular formula is C22H26BrN3. The van der Waals surface area contributed by atoms with Crippen LogP contribution in [0.2, 0.25) is 0 Å². The maximum Gasteiger partial charge on any atom is 0.0662 e. The zero-order chi connectivity index (χ0) is 18.7. The molecule has 0 aliphatic rings.